The van der Waals surface area contributed by atoms with Crippen LogP contribution >= 0.6 is 0 Å². The van der Waals surface area contributed by atoms with Crippen LogP contribution in [0.2, 0.25) is 0 Å². The van der Waals surface area contributed by atoms with Crippen LogP contribution in [0.25, 0.3) is 0 Å². The monoisotopic (exact) mass is 218 g/mol. The van der Waals surface area contributed by atoms with E-state index in [1.165, 1.54) is 13.2 Å². The predicted molar refractivity (Wildman–Crippen MR) is 52.1 cm³/mol. The number of halogens is 3. The smallest absolute Gasteiger partial charge is 0.393 e. The Labute approximate surface area is 86.9 Å². The van der Waals surface area contributed by atoms with E-state index in [2.05, 4.69) is 0 Å². The maximum Gasteiger partial charge on any atom is 0.393 e. The molecule has 1 rings (SSSR count). The Morgan fingerprint density at radius 3 is 2.33 bits per heavy atom. The van der Waals surface area contributed by atoms with Gasteiger partial charge in [0.25, 0.3) is 0 Å². The molecule has 0 aliphatic heterocycles. The summed E-state index contributed by atoms with van der Waals surface area (Å²) in [5.74, 6) is 0.595. The largest absolute Gasteiger partial charge is 0.497 e. The molecule has 0 N–H and O–H groups in total. The Hall–Kier alpha value is -1.19. The summed E-state index contributed by atoms with van der Waals surface area (Å²) in [6.07, 6.45) is -4.46. The van der Waals surface area contributed by atoms with Crippen molar-refractivity contribution in [3.63, 3.8) is 0 Å². The summed E-state index contributed by atoms with van der Waals surface area (Å²) in [5.41, 5.74) is 1.01. The lowest BCUT2D eigenvalue weighted by atomic mass is 10.0. The fraction of sp³-hybridized carbons (Fsp3) is 0.455. The van der Waals surface area contributed by atoms with Crippen LogP contribution in [-0.4, -0.2) is 13.3 Å². The average molecular weight is 218 g/mol. The lowest BCUT2D eigenvalue weighted by molar-refractivity contribution is -0.127. The third kappa shape index (κ3) is 3.46. The number of methoxy groups -OCH3 is 1. The highest BCUT2D eigenvalue weighted by atomic mass is 19.4. The zero-order valence-electron chi connectivity index (χ0n) is 8.69. The number of alkyl halides is 3. The predicted octanol–water partition coefficient (Wildman–Crippen LogP) is 3.36. The van der Waals surface area contributed by atoms with E-state index in [0.29, 0.717) is 23.3 Å². The van der Waals surface area contributed by atoms with Crippen molar-refractivity contribution >= 4 is 0 Å². The Balaban J connectivity index is 2.97. The molecule has 0 radical (unpaired) electrons. The minimum atomic E-state index is -4.15. The van der Waals surface area contributed by atoms with E-state index in [1.807, 2.05) is 6.92 Å². The van der Waals surface area contributed by atoms with Crippen LogP contribution in [0.4, 0.5) is 13.2 Å². The molecular weight excluding hydrogens is 205 g/mol. The Kier molecular flexibility index (Phi) is 3.61. The van der Waals surface area contributed by atoms with Gasteiger partial charge in [-0.1, -0.05) is 13.0 Å². The highest BCUT2D eigenvalue weighted by molar-refractivity contribution is 5.36. The van der Waals surface area contributed by atoms with E-state index in [-0.39, 0.29) is 0 Å². The van der Waals surface area contributed by atoms with Crippen molar-refractivity contribution in [2.45, 2.75) is 25.9 Å². The fourth-order valence-corrected chi connectivity index (χ4v) is 1.45. The number of aryl methyl sites for hydroxylation is 1. The summed E-state index contributed by atoms with van der Waals surface area (Å²) in [6.45, 7) is 1.83. The molecule has 84 valence electrons. The zero-order valence-corrected chi connectivity index (χ0v) is 8.69. The van der Waals surface area contributed by atoms with Crippen molar-refractivity contribution in [2.24, 2.45) is 0 Å². The Bertz CT molecular complexity index is 331. The summed E-state index contributed by atoms with van der Waals surface area (Å²) in [7, 11) is 1.50. The quantitative estimate of drug-likeness (QED) is 0.755. The highest BCUT2D eigenvalue weighted by Gasteiger charge is 2.28. The van der Waals surface area contributed by atoms with Gasteiger partial charge in [-0.3, -0.25) is 0 Å². The molecule has 0 bridgehead atoms. The highest BCUT2D eigenvalue weighted by Crippen LogP contribution is 2.26. The molecule has 0 saturated carbocycles. The van der Waals surface area contributed by atoms with Crippen molar-refractivity contribution in [2.75, 3.05) is 7.11 Å². The molecule has 0 aliphatic carbocycles. The van der Waals surface area contributed by atoms with E-state index in [9.17, 15) is 13.2 Å². The van der Waals surface area contributed by atoms with Gasteiger partial charge in [0.05, 0.1) is 13.5 Å². The van der Waals surface area contributed by atoms with Gasteiger partial charge in [-0.2, -0.15) is 13.2 Å². The number of rotatable bonds is 3. The molecule has 0 aliphatic rings. The van der Waals surface area contributed by atoms with Crippen LogP contribution in [0.15, 0.2) is 18.2 Å². The minimum absolute atomic E-state index is 0.325. The van der Waals surface area contributed by atoms with Gasteiger partial charge >= 0.3 is 6.18 Å². The molecule has 0 aromatic heterocycles. The summed E-state index contributed by atoms with van der Waals surface area (Å²) in [5, 5.41) is 0. The molecule has 0 heterocycles. The van der Waals surface area contributed by atoms with Gasteiger partial charge in [0, 0.05) is 0 Å². The summed E-state index contributed by atoms with van der Waals surface area (Å²) in [6, 6.07) is 4.69. The van der Waals surface area contributed by atoms with Crippen molar-refractivity contribution in [3.05, 3.63) is 29.3 Å². The standard InChI is InChI=1S/C11H13F3O/c1-3-8-6-10(15-2)5-4-9(8)7-11(12,13)14/h4-6H,3,7H2,1-2H3. The summed E-state index contributed by atoms with van der Waals surface area (Å²) < 4.78 is 41.6. The second kappa shape index (κ2) is 4.55. The Morgan fingerprint density at radius 1 is 1.20 bits per heavy atom. The molecule has 1 nitrogen and oxygen atoms in total. The van der Waals surface area contributed by atoms with Gasteiger partial charge in [0.2, 0.25) is 0 Å². The number of ether oxygens (including phenoxy) is 1. The summed E-state index contributed by atoms with van der Waals surface area (Å²) in [4.78, 5) is 0. The topological polar surface area (TPSA) is 9.23 Å². The normalized spacial score (nSPS) is 11.5. The molecule has 0 saturated heterocycles. The van der Waals surface area contributed by atoms with E-state index in [0.717, 1.165) is 0 Å². The minimum Gasteiger partial charge on any atom is -0.497 e. The first kappa shape index (κ1) is 11.9. The van der Waals surface area contributed by atoms with Gasteiger partial charge in [-0.25, -0.2) is 0 Å². The van der Waals surface area contributed by atoms with Crippen LogP contribution in [-0.2, 0) is 12.8 Å². The van der Waals surface area contributed by atoms with Crippen LogP contribution < -0.4 is 4.74 Å². The molecule has 1 aromatic carbocycles. The van der Waals surface area contributed by atoms with Gasteiger partial charge in [0.15, 0.2) is 0 Å². The maximum absolute atomic E-state index is 12.2. The van der Waals surface area contributed by atoms with Crippen molar-refractivity contribution in [3.8, 4) is 5.75 Å². The van der Waals surface area contributed by atoms with Gasteiger partial charge < -0.3 is 4.74 Å². The molecule has 0 spiro atoms. The maximum atomic E-state index is 12.2. The van der Waals surface area contributed by atoms with Crippen LogP contribution in [0.3, 0.4) is 0 Å². The van der Waals surface area contributed by atoms with Crippen LogP contribution in [0.1, 0.15) is 18.1 Å². The first-order chi connectivity index (χ1) is 6.96. The number of benzene rings is 1. The van der Waals surface area contributed by atoms with E-state index < -0.39 is 12.6 Å². The van der Waals surface area contributed by atoms with Gasteiger partial charge in [-0.15, -0.1) is 0 Å². The number of hydrogen-bond acceptors (Lipinski definition) is 1. The van der Waals surface area contributed by atoms with E-state index in [1.54, 1.807) is 12.1 Å². The average Bonchev–Trinajstić information content (AvgIpc) is 2.16. The molecule has 0 amide bonds. The van der Waals surface area contributed by atoms with Gasteiger partial charge in [-0.05, 0) is 29.7 Å². The lowest BCUT2D eigenvalue weighted by Crippen LogP contribution is -2.13. The number of hydrogen-bond donors (Lipinski definition) is 0. The van der Waals surface area contributed by atoms with Crippen LogP contribution in [0.5, 0.6) is 5.75 Å². The molecular formula is C11H13F3O. The zero-order chi connectivity index (χ0) is 11.5. The molecule has 0 atom stereocenters. The van der Waals surface area contributed by atoms with Gasteiger partial charge in [0.1, 0.15) is 5.75 Å². The van der Waals surface area contributed by atoms with Crippen LogP contribution in [0, 0.1) is 0 Å². The fourth-order valence-electron chi connectivity index (χ4n) is 1.45. The third-order valence-electron chi connectivity index (χ3n) is 2.19. The van der Waals surface area contributed by atoms with Crippen molar-refractivity contribution in [1.29, 1.82) is 0 Å². The Morgan fingerprint density at radius 2 is 1.87 bits per heavy atom. The van der Waals surface area contributed by atoms with E-state index in [4.69, 9.17) is 4.74 Å². The molecule has 4 heteroatoms. The van der Waals surface area contributed by atoms with E-state index >= 15 is 0 Å². The first-order valence-corrected chi connectivity index (χ1v) is 4.69. The summed E-state index contributed by atoms with van der Waals surface area (Å²) >= 11 is 0. The first-order valence-electron chi connectivity index (χ1n) is 4.69. The molecule has 1 aromatic rings. The SMILES string of the molecule is CCc1cc(OC)ccc1CC(F)(F)F. The lowest BCUT2D eigenvalue weighted by Gasteiger charge is -2.11. The second-order valence-corrected chi connectivity index (χ2v) is 3.28. The van der Waals surface area contributed by atoms with Crippen molar-refractivity contribution < 1.29 is 17.9 Å². The molecule has 0 fully saturated rings. The second-order valence-electron chi connectivity index (χ2n) is 3.28. The van der Waals surface area contributed by atoms with Crippen molar-refractivity contribution in [1.82, 2.24) is 0 Å². The molecule has 0 unspecified atom stereocenters. The molecule has 15 heavy (non-hydrogen) atoms. The third-order valence-corrected chi connectivity index (χ3v) is 2.19.